The van der Waals surface area contributed by atoms with Crippen LogP contribution in [0.3, 0.4) is 0 Å². The molecule has 1 N–H and O–H groups in total. The standard InChI is InChI=1S/C12H9ClFNO/c13-6-8-5-12(16)15-7-10(8)9-3-1-2-4-11(9)14/h1-5,7H,6H2,(H,15,16). The lowest BCUT2D eigenvalue weighted by atomic mass is 10.0. The van der Waals surface area contributed by atoms with Crippen molar-refractivity contribution in [3.8, 4) is 11.1 Å². The predicted octanol–water partition coefficient (Wildman–Crippen LogP) is 2.92. The van der Waals surface area contributed by atoms with Crippen molar-refractivity contribution in [3.05, 3.63) is 58.3 Å². The smallest absolute Gasteiger partial charge is 0.248 e. The molecule has 0 aliphatic carbocycles. The highest BCUT2D eigenvalue weighted by molar-refractivity contribution is 6.17. The van der Waals surface area contributed by atoms with Crippen LogP contribution in [0.1, 0.15) is 5.56 Å². The van der Waals surface area contributed by atoms with Gasteiger partial charge in [-0.1, -0.05) is 18.2 Å². The molecule has 1 aromatic carbocycles. The summed E-state index contributed by atoms with van der Waals surface area (Å²) in [4.78, 5) is 13.6. The van der Waals surface area contributed by atoms with Crippen LogP contribution in [0.4, 0.5) is 4.39 Å². The summed E-state index contributed by atoms with van der Waals surface area (Å²) in [6, 6.07) is 7.76. The van der Waals surface area contributed by atoms with Crippen LogP contribution >= 0.6 is 11.6 Å². The van der Waals surface area contributed by atoms with Crippen LogP contribution in [0.2, 0.25) is 0 Å². The van der Waals surface area contributed by atoms with Gasteiger partial charge in [0.15, 0.2) is 0 Å². The van der Waals surface area contributed by atoms with E-state index in [9.17, 15) is 9.18 Å². The molecule has 2 aromatic rings. The molecule has 0 atom stereocenters. The van der Waals surface area contributed by atoms with Crippen LogP contribution < -0.4 is 5.56 Å². The van der Waals surface area contributed by atoms with E-state index in [0.29, 0.717) is 16.7 Å². The van der Waals surface area contributed by atoms with E-state index in [0.717, 1.165) is 0 Å². The van der Waals surface area contributed by atoms with Gasteiger partial charge in [-0.15, -0.1) is 11.6 Å². The van der Waals surface area contributed by atoms with Crippen LogP contribution in [0.25, 0.3) is 11.1 Å². The average molecular weight is 238 g/mol. The van der Waals surface area contributed by atoms with Gasteiger partial charge in [-0.2, -0.15) is 0 Å². The third-order valence-corrected chi connectivity index (χ3v) is 2.61. The Balaban J connectivity index is 2.65. The van der Waals surface area contributed by atoms with Crippen LogP contribution in [-0.2, 0) is 5.88 Å². The predicted molar refractivity (Wildman–Crippen MR) is 62.0 cm³/mol. The van der Waals surface area contributed by atoms with Gasteiger partial charge >= 0.3 is 0 Å². The SMILES string of the molecule is O=c1cc(CCl)c(-c2ccccc2F)c[nH]1. The first-order valence-corrected chi connectivity index (χ1v) is 5.28. The van der Waals surface area contributed by atoms with Gasteiger partial charge in [-0.3, -0.25) is 4.79 Å². The number of benzene rings is 1. The summed E-state index contributed by atoms with van der Waals surface area (Å²) in [5.74, 6) is -0.158. The molecule has 2 nitrogen and oxygen atoms in total. The van der Waals surface area contributed by atoms with Crippen molar-refractivity contribution in [1.82, 2.24) is 4.98 Å². The summed E-state index contributed by atoms with van der Waals surface area (Å²) in [6.07, 6.45) is 1.48. The summed E-state index contributed by atoms with van der Waals surface area (Å²) in [6.45, 7) is 0. The van der Waals surface area contributed by atoms with E-state index in [4.69, 9.17) is 11.6 Å². The van der Waals surface area contributed by atoms with E-state index in [1.54, 1.807) is 18.2 Å². The van der Waals surface area contributed by atoms with Gasteiger partial charge in [0, 0.05) is 29.3 Å². The average Bonchev–Trinajstić information content (AvgIpc) is 2.30. The van der Waals surface area contributed by atoms with Crippen molar-refractivity contribution in [1.29, 1.82) is 0 Å². The normalized spacial score (nSPS) is 10.4. The Morgan fingerprint density at radius 3 is 2.69 bits per heavy atom. The Labute approximate surface area is 96.7 Å². The lowest BCUT2D eigenvalue weighted by molar-refractivity contribution is 0.631. The molecule has 16 heavy (non-hydrogen) atoms. The molecule has 0 spiro atoms. The Hall–Kier alpha value is -1.61. The minimum Gasteiger partial charge on any atom is -0.328 e. The third-order valence-electron chi connectivity index (χ3n) is 2.32. The fourth-order valence-corrected chi connectivity index (χ4v) is 1.78. The summed E-state index contributed by atoms with van der Waals surface area (Å²) in [5, 5.41) is 0. The van der Waals surface area contributed by atoms with Gasteiger partial charge in [0.05, 0.1) is 0 Å². The molecule has 82 valence electrons. The van der Waals surface area contributed by atoms with Crippen molar-refractivity contribution >= 4 is 11.6 Å². The third kappa shape index (κ3) is 1.99. The second-order valence-electron chi connectivity index (χ2n) is 3.35. The quantitative estimate of drug-likeness (QED) is 0.801. The van der Waals surface area contributed by atoms with Crippen molar-refractivity contribution in [2.24, 2.45) is 0 Å². The lowest BCUT2D eigenvalue weighted by Crippen LogP contribution is -2.06. The largest absolute Gasteiger partial charge is 0.328 e. The number of rotatable bonds is 2. The topological polar surface area (TPSA) is 32.9 Å². The maximum absolute atomic E-state index is 13.6. The number of hydrogen-bond donors (Lipinski definition) is 1. The summed E-state index contributed by atoms with van der Waals surface area (Å²) in [5.41, 5.74) is 1.44. The zero-order chi connectivity index (χ0) is 11.5. The number of alkyl halides is 1. The van der Waals surface area contributed by atoms with E-state index in [1.165, 1.54) is 18.3 Å². The summed E-state index contributed by atoms with van der Waals surface area (Å²) >= 11 is 5.73. The number of halogens is 2. The Kier molecular flexibility index (Phi) is 3.06. The maximum Gasteiger partial charge on any atom is 0.248 e. The number of aromatic nitrogens is 1. The Bertz CT molecular complexity index is 565. The summed E-state index contributed by atoms with van der Waals surface area (Å²) in [7, 11) is 0. The Morgan fingerprint density at radius 2 is 2.00 bits per heavy atom. The molecule has 0 fully saturated rings. The molecule has 2 rings (SSSR count). The Morgan fingerprint density at radius 1 is 1.25 bits per heavy atom. The van der Waals surface area contributed by atoms with E-state index >= 15 is 0 Å². The highest BCUT2D eigenvalue weighted by Gasteiger charge is 2.09. The molecule has 1 heterocycles. The fraction of sp³-hybridized carbons (Fsp3) is 0.0833. The van der Waals surface area contributed by atoms with Crippen molar-refractivity contribution in [2.45, 2.75) is 5.88 Å². The number of pyridine rings is 1. The highest BCUT2D eigenvalue weighted by atomic mass is 35.5. The molecule has 0 aliphatic heterocycles. The molecule has 0 amide bonds. The van der Waals surface area contributed by atoms with Crippen LogP contribution in [0.15, 0.2) is 41.3 Å². The number of H-pyrrole nitrogens is 1. The zero-order valence-corrected chi connectivity index (χ0v) is 9.09. The minimum atomic E-state index is -0.332. The maximum atomic E-state index is 13.6. The monoisotopic (exact) mass is 237 g/mol. The van der Waals surface area contributed by atoms with Gasteiger partial charge in [0.1, 0.15) is 5.82 Å². The van der Waals surface area contributed by atoms with Gasteiger partial charge in [-0.05, 0) is 11.6 Å². The molecule has 0 bridgehead atoms. The number of nitrogens with one attached hydrogen (secondary N) is 1. The molecule has 0 aliphatic rings. The second-order valence-corrected chi connectivity index (χ2v) is 3.62. The van der Waals surface area contributed by atoms with Crippen LogP contribution in [0, 0.1) is 5.82 Å². The van der Waals surface area contributed by atoms with Gasteiger partial charge in [0.2, 0.25) is 5.56 Å². The molecule has 0 saturated heterocycles. The zero-order valence-electron chi connectivity index (χ0n) is 8.34. The molecule has 1 aromatic heterocycles. The first-order chi connectivity index (χ1) is 7.72. The highest BCUT2D eigenvalue weighted by Crippen LogP contribution is 2.25. The van der Waals surface area contributed by atoms with E-state index in [-0.39, 0.29) is 17.3 Å². The number of hydrogen-bond acceptors (Lipinski definition) is 1. The fourth-order valence-electron chi connectivity index (χ4n) is 1.55. The molecule has 4 heteroatoms. The molecule has 0 radical (unpaired) electrons. The van der Waals surface area contributed by atoms with E-state index in [2.05, 4.69) is 4.98 Å². The second kappa shape index (κ2) is 4.49. The molecular formula is C12H9ClFNO. The van der Waals surface area contributed by atoms with Crippen molar-refractivity contribution in [2.75, 3.05) is 0 Å². The molecule has 0 saturated carbocycles. The van der Waals surface area contributed by atoms with E-state index in [1.807, 2.05) is 0 Å². The van der Waals surface area contributed by atoms with Gasteiger partial charge in [0.25, 0.3) is 0 Å². The molecular weight excluding hydrogens is 229 g/mol. The number of aromatic amines is 1. The first kappa shape index (κ1) is 10.9. The molecule has 0 unspecified atom stereocenters. The lowest BCUT2D eigenvalue weighted by Gasteiger charge is -2.07. The minimum absolute atomic E-state index is 0.174. The van der Waals surface area contributed by atoms with Gasteiger partial charge < -0.3 is 4.98 Å². The van der Waals surface area contributed by atoms with Crippen LogP contribution in [0.5, 0.6) is 0 Å². The van der Waals surface area contributed by atoms with Gasteiger partial charge in [-0.25, -0.2) is 4.39 Å². The van der Waals surface area contributed by atoms with Crippen molar-refractivity contribution in [3.63, 3.8) is 0 Å². The van der Waals surface area contributed by atoms with Crippen LogP contribution in [-0.4, -0.2) is 4.98 Å². The first-order valence-electron chi connectivity index (χ1n) is 4.75. The summed E-state index contributed by atoms with van der Waals surface area (Å²) < 4.78 is 13.6. The van der Waals surface area contributed by atoms with Crippen molar-refractivity contribution < 1.29 is 4.39 Å². The van der Waals surface area contributed by atoms with E-state index < -0.39 is 0 Å².